The van der Waals surface area contributed by atoms with Gasteiger partial charge < -0.3 is 10.2 Å². The van der Waals surface area contributed by atoms with Crippen molar-refractivity contribution in [3.8, 4) is 0 Å². The quantitative estimate of drug-likeness (QED) is 0.902. The van der Waals surface area contributed by atoms with E-state index in [0.717, 1.165) is 28.9 Å². The van der Waals surface area contributed by atoms with Crippen molar-refractivity contribution in [2.24, 2.45) is 0 Å². The van der Waals surface area contributed by atoms with Crippen molar-refractivity contribution in [3.63, 3.8) is 0 Å². The molecule has 17 heavy (non-hydrogen) atoms. The van der Waals surface area contributed by atoms with Crippen LogP contribution in [0.2, 0.25) is 0 Å². The molecule has 2 heterocycles. The molecule has 0 bridgehead atoms. The SMILES string of the molecule is CNc1cccc(N(C)Cc2csc(C)n2)n1. The minimum Gasteiger partial charge on any atom is -0.373 e. The fourth-order valence-electron chi connectivity index (χ4n) is 1.58. The van der Waals surface area contributed by atoms with Crippen LogP contribution in [0.5, 0.6) is 0 Å². The van der Waals surface area contributed by atoms with Crippen LogP contribution in [0.1, 0.15) is 10.7 Å². The molecule has 2 aromatic heterocycles. The molecular weight excluding hydrogens is 232 g/mol. The third kappa shape index (κ3) is 2.94. The van der Waals surface area contributed by atoms with E-state index in [9.17, 15) is 0 Å². The molecule has 0 spiro atoms. The predicted molar refractivity (Wildman–Crippen MR) is 72.7 cm³/mol. The molecule has 0 aliphatic heterocycles. The highest BCUT2D eigenvalue weighted by Crippen LogP contribution is 2.16. The summed E-state index contributed by atoms with van der Waals surface area (Å²) in [6.45, 7) is 2.80. The van der Waals surface area contributed by atoms with Crippen molar-refractivity contribution >= 4 is 23.0 Å². The molecule has 0 amide bonds. The summed E-state index contributed by atoms with van der Waals surface area (Å²) in [4.78, 5) is 11.0. The van der Waals surface area contributed by atoms with Crippen molar-refractivity contribution in [1.29, 1.82) is 0 Å². The summed E-state index contributed by atoms with van der Waals surface area (Å²) >= 11 is 1.68. The maximum absolute atomic E-state index is 4.48. The Kier molecular flexibility index (Phi) is 3.58. The molecule has 0 radical (unpaired) electrons. The standard InChI is InChI=1S/C12H16N4S/c1-9-14-10(8-17-9)7-16(3)12-6-4-5-11(13-2)15-12/h4-6,8H,7H2,1-3H3,(H,13,15). The second-order valence-electron chi connectivity index (χ2n) is 3.84. The van der Waals surface area contributed by atoms with Crippen molar-refractivity contribution in [2.45, 2.75) is 13.5 Å². The number of nitrogens with one attached hydrogen (secondary N) is 1. The Bertz CT molecular complexity index is 495. The summed E-state index contributed by atoms with van der Waals surface area (Å²) in [6.07, 6.45) is 0. The van der Waals surface area contributed by atoms with Crippen LogP contribution in [-0.4, -0.2) is 24.1 Å². The molecule has 90 valence electrons. The Morgan fingerprint density at radius 1 is 1.35 bits per heavy atom. The Balaban J connectivity index is 2.11. The lowest BCUT2D eigenvalue weighted by Gasteiger charge is -2.17. The highest BCUT2D eigenvalue weighted by molar-refractivity contribution is 7.09. The number of anilines is 2. The third-order valence-electron chi connectivity index (χ3n) is 2.45. The number of thiazole rings is 1. The molecule has 2 rings (SSSR count). The first-order chi connectivity index (χ1) is 8.19. The summed E-state index contributed by atoms with van der Waals surface area (Å²) in [5, 5.41) is 6.23. The van der Waals surface area contributed by atoms with Gasteiger partial charge in [0.25, 0.3) is 0 Å². The zero-order chi connectivity index (χ0) is 12.3. The van der Waals surface area contributed by atoms with Gasteiger partial charge in [-0.2, -0.15) is 0 Å². The number of nitrogens with zero attached hydrogens (tertiary/aromatic N) is 3. The minimum atomic E-state index is 0.782. The molecule has 0 fully saturated rings. The average molecular weight is 248 g/mol. The summed E-state index contributed by atoms with van der Waals surface area (Å²) in [6, 6.07) is 5.95. The van der Waals surface area contributed by atoms with Crippen LogP contribution in [0.4, 0.5) is 11.6 Å². The zero-order valence-electron chi connectivity index (χ0n) is 10.3. The van der Waals surface area contributed by atoms with Gasteiger partial charge >= 0.3 is 0 Å². The van der Waals surface area contributed by atoms with Crippen molar-refractivity contribution < 1.29 is 0 Å². The molecule has 0 aliphatic rings. The molecule has 0 atom stereocenters. The third-order valence-corrected chi connectivity index (χ3v) is 3.27. The van der Waals surface area contributed by atoms with E-state index < -0.39 is 0 Å². The highest BCUT2D eigenvalue weighted by atomic mass is 32.1. The van der Waals surface area contributed by atoms with Gasteiger partial charge in [0.15, 0.2) is 0 Å². The second-order valence-corrected chi connectivity index (χ2v) is 4.91. The fraction of sp³-hybridized carbons (Fsp3) is 0.333. The van der Waals surface area contributed by atoms with Gasteiger partial charge in [0.05, 0.1) is 17.2 Å². The van der Waals surface area contributed by atoms with Gasteiger partial charge in [-0.3, -0.25) is 0 Å². The van der Waals surface area contributed by atoms with Crippen LogP contribution in [-0.2, 0) is 6.54 Å². The van der Waals surface area contributed by atoms with Gasteiger partial charge in [-0.25, -0.2) is 9.97 Å². The summed E-state index contributed by atoms with van der Waals surface area (Å²) in [5.74, 6) is 1.83. The number of hydrogen-bond donors (Lipinski definition) is 1. The number of hydrogen-bond acceptors (Lipinski definition) is 5. The first-order valence-corrected chi connectivity index (χ1v) is 6.34. The van der Waals surface area contributed by atoms with E-state index in [0.29, 0.717) is 0 Å². The van der Waals surface area contributed by atoms with Crippen molar-refractivity contribution in [2.75, 3.05) is 24.3 Å². The molecule has 4 nitrogen and oxygen atoms in total. The molecular formula is C12H16N4S. The van der Waals surface area contributed by atoms with Crippen LogP contribution in [0.15, 0.2) is 23.6 Å². The first kappa shape index (κ1) is 11.9. The van der Waals surface area contributed by atoms with Crippen molar-refractivity contribution in [1.82, 2.24) is 9.97 Å². The monoisotopic (exact) mass is 248 g/mol. The molecule has 1 N–H and O–H groups in total. The smallest absolute Gasteiger partial charge is 0.131 e. The van der Waals surface area contributed by atoms with Gasteiger partial charge in [-0.15, -0.1) is 11.3 Å². The molecule has 0 aliphatic carbocycles. The largest absolute Gasteiger partial charge is 0.373 e. The van der Waals surface area contributed by atoms with Crippen LogP contribution in [0, 0.1) is 6.92 Å². The Morgan fingerprint density at radius 2 is 2.18 bits per heavy atom. The van der Waals surface area contributed by atoms with Crippen LogP contribution in [0.25, 0.3) is 0 Å². The van der Waals surface area contributed by atoms with Gasteiger partial charge in [0, 0.05) is 19.5 Å². The molecule has 0 saturated carbocycles. The van der Waals surface area contributed by atoms with Crippen molar-refractivity contribution in [3.05, 3.63) is 34.3 Å². The van der Waals surface area contributed by atoms with E-state index in [1.54, 1.807) is 11.3 Å². The lowest BCUT2D eigenvalue weighted by Crippen LogP contribution is -2.18. The van der Waals surface area contributed by atoms with E-state index in [1.807, 2.05) is 39.2 Å². The number of aryl methyl sites for hydroxylation is 1. The van der Waals surface area contributed by atoms with E-state index in [2.05, 4.69) is 25.6 Å². The van der Waals surface area contributed by atoms with Gasteiger partial charge in [-0.1, -0.05) is 6.07 Å². The number of aromatic nitrogens is 2. The molecule has 0 aromatic carbocycles. The second kappa shape index (κ2) is 5.14. The summed E-state index contributed by atoms with van der Waals surface area (Å²) < 4.78 is 0. The molecule has 5 heteroatoms. The highest BCUT2D eigenvalue weighted by Gasteiger charge is 2.06. The lowest BCUT2D eigenvalue weighted by atomic mass is 10.4. The topological polar surface area (TPSA) is 41.0 Å². The van der Waals surface area contributed by atoms with Gasteiger partial charge in [0.2, 0.25) is 0 Å². The zero-order valence-corrected chi connectivity index (χ0v) is 11.1. The van der Waals surface area contributed by atoms with Gasteiger partial charge in [-0.05, 0) is 19.1 Å². The van der Waals surface area contributed by atoms with Gasteiger partial charge in [0.1, 0.15) is 11.6 Å². The molecule has 0 saturated heterocycles. The lowest BCUT2D eigenvalue weighted by molar-refractivity contribution is 0.871. The first-order valence-electron chi connectivity index (χ1n) is 5.46. The normalized spacial score (nSPS) is 10.3. The maximum Gasteiger partial charge on any atom is 0.131 e. The Labute approximate surface area is 105 Å². The summed E-state index contributed by atoms with van der Waals surface area (Å²) in [7, 11) is 3.90. The predicted octanol–water partition coefficient (Wildman–Crippen LogP) is 2.52. The van der Waals surface area contributed by atoms with E-state index in [-0.39, 0.29) is 0 Å². The van der Waals surface area contributed by atoms with E-state index in [1.165, 1.54) is 0 Å². The van der Waals surface area contributed by atoms with E-state index in [4.69, 9.17) is 0 Å². The van der Waals surface area contributed by atoms with Crippen LogP contribution < -0.4 is 10.2 Å². The van der Waals surface area contributed by atoms with E-state index >= 15 is 0 Å². The van der Waals surface area contributed by atoms with Crippen LogP contribution in [0.3, 0.4) is 0 Å². The minimum absolute atomic E-state index is 0.782. The Hall–Kier alpha value is -1.62. The molecule has 0 unspecified atom stereocenters. The molecule has 2 aromatic rings. The summed E-state index contributed by atoms with van der Waals surface area (Å²) in [5.41, 5.74) is 1.09. The number of pyridine rings is 1. The number of rotatable bonds is 4. The fourth-order valence-corrected chi connectivity index (χ4v) is 2.18. The average Bonchev–Trinajstić information content (AvgIpc) is 2.75. The Morgan fingerprint density at radius 3 is 2.82 bits per heavy atom. The van der Waals surface area contributed by atoms with Crippen LogP contribution >= 0.6 is 11.3 Å². The maximum atomic E-state index is 4.48.